The van der Waals surface area contributed by atoms with Gasteiger partial charge in [-0.05, 0) is 50.1 Å². The van der Waals surface area contributed by atoms with Gasteiger partial charge in [0.15, 0.2) is 0 Å². The summed E-state index contributed by atoms with van der Waals surface area (Å²) < 4.78 is 5.53. The highest BCUT2D eigenvalue weighted by atomic mass is 16.5. The van der Waals surface area contributed by atoms with E-state index in [0.717, 1.165) is 0 Å². The van der Waals surface area contributed by atoms with Gasteiger partial charge in [-0.3, -0.25) is 19.8 Å². The fourth-order valence-corrected chi connectivity index (χ4v) is 3.42. The van der Waals surface area contributed by atoms with Gasteiger partial charge in [0.2, 0.25) is 0 Å². The number of ether oxygens (including phenoxy) is 1. The van der Waals surface area contributed by atoms with Gasteiger partial charge in [0.05, 0.1) is 12.6 Å². The van der Waals surface area contributed by atoms with Crippen molar-refractivity contribution in [2.24, 2.45) is 0 Å². The van der Waals surface area contributed by atoms with Crippen LogP contribution in [0, 0.1) is 0 Å². The van der Waals surface area contributed by atoms with Crippen molar-refractivity contribution in [3.05, 3.63) is 65.7 Å². The minimum absolute atomic E-state index is 0.0113. The Morgan fingerprint density at radius 1 is 1.06 bits per heavy atom. The second-order valence-electron chi connectivity index (χ2n) is 7.60. The van der Waals surface area contributed by atoms with E-state index < -0.39 is 35.8 Å². The van der Waals surface area contributed by atoms with E-state index >= 15 is 0 Å². The number of nitrogens with one attached hydrogen (secondary N) is 3. The van der Waals surface area contributed by atoms with Crippen LogP contribution in [0.4, 0.5) is 4.79 Å². The maximum atomic E-state index is 13.0. The van der Waals surface area contributed by atoms with Gasteiger partial charge in [0.25, 0.3) is 17.7 Å². The van der Waals surface area contributed by atoms with Crippen LogP contribution in [0.25, 0.3) is 0 Å². The van der Waals surface area contributed by atoms with Gasteiger partial charge in [-0.1, -0.05) is 37.3 Å². The fourth-order valence-electron chi connectivity index (χ4n) is 3.42. The summed E-state index contributed by atoms with van der Waals surface area (Å²) in [6, 6.07) is 14.6. The van der Waals surface area contributed by atoms with Crippen LogP contribution in [0.1, 0.15) is 43.1 Å². The molecule has 1 unspecified atom stereocenters. The molecule has 1 heterocycles. The van der Waals surface area contributed by atoms with Crippen molar-refractivity contribution >= 4 is 23.8 Å². The van der Waals surface area contributed by atoms with Crippen molar-refractivity contribution in [3.63, 3.8) is 0 Å². The number of hydrogen-bond acceptors (Lipinski definition) is 5. The normalized spacial score (nSPS) is 17.8. The molecule has 168 valence electrons. The second kappa shape index (κ2) is 9.51. The Bertz CT molecular complexity index is 1010. The molecule has 0 saturated carbocycles. The smallest absolute Gasteiger partial charge is 0.344 e. The number of imide groups is 1. The molecule has 1 fully saturated rings. The summed E-state index contributed by atoms with van der Waals surface area (Å²) in [5.41, 5.74) is 1.98. The summed E-state index contributed by atoms with van der Waals surface area (Å²) in [5, 5.41) is 5.79. The quantitative estimate of drug-likeness (QED) is 0.546. The molecule has 2 aromatic carbocycles. The van der Waals surface area contributed by atoms with Gasteiger partial charge in [-0.2, -0.15) is 5.01 Å². The lowest BCUT2D eigenvalue weighted by Gasteiger charge is -2.25. The van der Waals surface area contributed by atoms with Crippen LogP contribution in [-0.4, -0.2) is 41.4 Å². The highest BCUT2D eigenvalue weighted by Gasteiger charge is 2.52. The van der Waals surface area contributed by atoms with Crippen LogP contribution in [0.15, 0.2) is 54.6 Å². The Kier molecular flexibility index (Phi) is 6.77. The minimum Gasteiger partial charge on any atom is -0.491 e. The number of hydrogen-bond donors (Lipinski definition) is 3. The molecule has 1 aliphatic rings. The van der Waals surface area contributed by atoms with Crippen molar-refractivity contribution in [1.29, 1.82) is 0 Å². The van der Waals surface area contributed by atoms with E-state index in [0.29, 0.717) is 28.3 Å². The number of nitrogens with zero attached hydrogens (tertiary/aromatic N) is 1. The van der Waals surface area contributed by atoms with Gasteiger partial charge in [0.1, 0.15) is 11.3 Å². The maximum absolute atomic E-state index is 13.0. The Labute approximate surface area is 186 Å². The van der Waals surface area contributed by atoms with Gasteiger partial charge >= 0.3 is 6.03 Å². The van der Waals surface area contributed by atoms with Crippen molar-refractivity contribution < 1.29 is 23.9 Å². The molecule has 0 aliphatic carbocycles. The van der Waals surface area contributed by atoms with Crippen molar-refractivity contribution in [3.8, 4) is 5.75 Å². The molecule has 9 heteroatoms. The average molecular weight is 438 g/mol. The number of hydrazine groups is 1. The van der Waals surface area contributed by atoms with Crippen LogP contribution in [0.5, 0.6) is 5.75 Å². The molecule has 5 amide bonds. The SMILES string of the molecule is CCC1(c2ccccc2)NC(=O)N(NC(=O)CNC(=O)c2ccc(OC(C)C)cc2)C1=O. The molecule has 0 bridgehead atoms. The summed E-state index contributed by atoms with van der Waals surface area (Å²) in [6.45, 7) is 5.16. The summed E-state index contributed by atoms with van der Waals surface area (Å²) in [6.07, 6.45) is 0.318. The van der Waals surface area contributed by atoms with Crippen LogP contribution in [-0.2, 0) is 15.1 Å². The molecule has 1 aliphatic heterocycles. The van der Waals surface area contributed by atoms with Crippen molar-refractivity contribution in [2.75, 3.05) is 6.54 Å². The first-order valence-corrected chi connectivity index (χ1v) is 10.3. The van der Waals surface area contributed by atoms with Gasteiger partial charge < -0.3 is 15.4 Å². The van der Waals surface area contributed by atoms with Crippen molar-refractivity contribution in [2.45, 2.75) is 38.8 Å². The Hall–Kier alpha value is -3.88. The monoisotopic (exact) mass is 438 g/mol. The average Bonchev–Trinajstić information content (AvgIpc) is 3.03. The van der Waals surface area contributed by atoms with E-state index in [2.05, 4.69) is 16.1 Å². The lowest BCUT2D eigenvalue weighted by molar-refractivity contribution is -0.139. The lowest BCUT2D eigenvalue weighted by atomic mass is 9.87. The van der Waals surface area contributed by atoms with Crippen LogP contribution in [0.3, 0.4) is 0 Å². The molecule has 9 nitrogen and oxygen atoms in total. The topological polar surface area (TPSA) is 117 Å². The van der Waals surface area contributed by atoms with Crippen LogP contribution < -0.4 is 20.8 Å². The Balaban J connectivity index is 1.59. The summed E-state index contributed by atoms with van der Waals surface area (Å²) >= 11 is 0. The van der Waals surface area contributed by atoms with E-state index in [4.69, 9.17) is 4.74 Å². The molecule has 3 rings (SSSR count). The van der Waals surface area contributed by atoms with Crippen molar-refractivity contribution in [1.82, 2.24) is 21.1 Å². The third-order valence-corrected chi connectivity index (χ3v) is 5.02. The zero-order chi connectivity index (χ0) is 23.3. The minimum atomic E-state index is -1.26. The fraction of sp³-hybridized carbons (Fsp3) is 0.304. The largest absolute Gasteiger partial charge is 0.491 e. The molecule has 3 N–H and O–H groups in total. The number of carbonyl (C=O) groups excluding carboxylic acids is 4. The molecular formula is C23H26N4O5. The van der Waals surface area contributed by atoms with E-state index in [9.17, 15) is 19.2 Å². The van der Waals surface area contributed by atoms with Crippen LogP contribution in [0.2, 0.25) is 0 Å². The highest BCUT2D eigenvalue weighted by molar-refractivity contribution is 6.08. The molecule has 32 heavy (non-hydrogen) atoms. The summed E-state index contributed by atoms with van der Waals surface area (Å²) in [5.74, 6) is -1.13. The zero-order valence-corrected chi connectivity index (χ0v) is 18.2. The van der Waals surface area contributed by atoms with E-state index in [1.807, 2.05) is 13.8 Å². The number of benzene rings is 2. The number of urea groups is 1. The molecule has 1 saturated heterocycles. The lowest BCUT2D eigenvalue weighted by Crippen LogP contribution is -2.51. The van der Waals surface area contributed by atoms with Gasteiger partial charge in [-0.15, -0.1) is 0 Å². The van der Waals surface area contributed by atoms with Gasteiger partial charge in [0, 0.05) is 5.56 Å². The predicted molar refractivity (Wildman–Crippen MR) is 116 cm³/mol. The molecular weight excluding hydrogens is 412 g/mol. The molecule has 2 aromatic rings. The maximum Gasteiger partial charge on any atom is 0.344 e. The highest BCUT2D eigenvalue weighted by Crippen LogP contribution is 2.31. The molecule has 0 spiro atoms. The van der Waals surface area contributed by atoms with E-state index in [1.165, 1.54) is 0 Å². The zero-order valence-electron chi connectivity index (χ0n) is 18.2. The van der Waals surface area contributed by atoms with Crippen LogP contribution >= 0.6 is 0 Å². The Morgan fingerprint density at radius 3 is 2.31 bits per heavy atom. The second-order valence-corrected chi connectivity index (χ2v) is 7.60. The Morgan fingerprint density at radius 2 is 1.72 bits per heavy atom. The first kappa shape index (κ1) is 22.8. The third kappa shape index (κ3) is 4.72. The summed E-state index contributed by atoms with van der Waals surface area (Å²) in [4.78, 5) is 50.0. The van der Waals surface area contributed by atoms with E-state index in [-0.39, 0.29) is 6.10 Å². The number of amides is 5. The van der Waals surface area contributed by atoms with E-state index in [1.54, 1.807) is 61.5 Å². The first-order valence-electron chi connectivity index (χ1n) is 10.3. The molecule has 1 atom stereocenters. The first-order chi connectivity index (χ1) is 15.3. The predicted octanol–water partition coefficient (Wildman–Crippen LogP) is 2.09. The number of carbonyl (C=O) groups is 4. The number of rotatable bonds is 8. The third-order valence-electron chi connectivity index (χ3n) is 5.02. The molecule has 0 radical (unpaired) electrons. The standard InChI is InChI=1S/C23H26N4O5/c1-4-23(17-8-6-5-7-9-17)21(30)27(22(31)25-23)26-19(28)14-24-20(29)16-10-12-18(13-11-16)32-15(2)3/h5-13,15H,4,14H2,1-3H3,(H,24,29)(H,25,31)(H,26,28). The summed E-state index contributed by atoms with van der Waals surface area (Å²) in [7, 11) is 0. The van der Waals surface area contributed by atoms with Gasteiger partial charge in [-0.25, -0.2) is 4.79 Å². The molecule has 0 aromatic heterocycles.